The molecule has 0 bridgehead atoms. The number of ether oxygens (including phenoxy) is 1. The number of para-hydroxylation sites is 1. The van der Waals surface area contributed by atoms with Crippen LogP contribution in [0.3, 0.4) is 0 Å². The topological polar surface area (TPSA) is 21.3 Å². The first kappa shape index (κ1) is 16.2. The highest BCUT2D eigenvalue weighted by Crippen LogP contribution is 2.34. The van der Waals surface area contributed by atoms with Gasteiger partial charge in [0.2, 0.25) is 0 Å². The van der Waals surface area contributed by atoms with Crippen molar-refractivity contribution in [2.75, 3.05) is 0 Å². The molecule has 0 aromatic heterocycles. The Morgan fingerprint density at radius 1 is 1.24 bits per heavy atom. The molecule has 0 amide bonds. The third-order valence-corrected chi connectivity index (χ3v) is 4.35. The molecular formula is C17H25F2NO. The van der Waals surface area contributed by atoms with Crippen molar-refractivity contribution >= 4 is 0 Å². The molecule has 0 aliphatic heterocycles. The number of hydrogen-bond acceptors (Lipinski definition) is 2. The van der Waals surface area contributed by atoms with Crippen LogP contribution in [0.2, 0.25) is 0 Å². The molecule has 0 radical (unpaired) electrons. The van der Waals surface area contributed by atoms with Crippen LogP contribution in [0.4, 0.5) is 8.78 Å². The van der Waals surface area contributed by atoms with E-state index in [1.165, 1.54) is 19.3 Å². The maximum Gasteiger partial charge on any atom is 0.387 e. The predicted octanol–water partition coefficient (Wildman–Crippen LogP) is 4.74. The zero-order valence-electron chi connectivity index (χ0n) is 12.9. The van der Waals surface area contributed by atoms with E-state index in [2.05, 4.69) is 23.9 Å². The van der Waals surface area contributed by atoms with Crippen molar-refractivity contribution in [2.45, 2.75) is 65.1 Å². The van der Waals surface area contributed by atoms with Crippen LogP contribution >= 0.6 is 0 Å². The molecule has 2 rings (SSSR count). The van der Waals surface area contributed by atoms with Gasteiger partial charge in [0.25, 0.3) is 0 Å². The SMILES string of the molecule is CC1(C)CCCC(NCc2ccccc2OC(F)F)CC1. The molecule has 0 saturated heterocycles. The molecule has 2 nitrogen and oxygen atoms in total. The molecule has 1 aromatic rings. The van der Waals surface area contributed by atoms with Crippen LogP contribution < -0.4 is 10.1 Å². The first-order chi connectivity index (χ1) is 9.96. The molecule has 1 aromatic carbocycles. The Bertz CT molecular complexity index is 448. The van der Waals surface area contributed by atoms with E-state index >= 15 is 0 Å². The van der Waals surface area contributed by atoms with Crippen LogP contribution in [0, 0.1) is 5.41 Å². The summed E-state index contributed by atoms with van der Waals surface area (Å²) >= 11 is 0. The Labute approximate surface area is 125 Å². The molecule has 0 heterocycles. The lowest BCUT2D eigenvalue weighted by atomic mass is 9.85. The first-order valence-corrected chi connectivity index (χ1v) is 7.72. The van der Waals surface area contributed by atoms with Crippen molar-refractivity contribution < 1.29 is 13.5 Å². The highest BCUT2D eigenvalue weighted by Gasteiger charge is 2.24. The Kier molecular flexibility index (Phi) is 5.57. The summed E-state index contributed by atoms with van der Waals surface area (Å²) in [5.41, 5.74) is 1.22. The predicted molar refractivity (Wildman–Crippen MR) is 80.6 cm³/mol. The van der Waals surface area contributed by atoms with Crippen molar-refractivity contribution in [2.24, 2.45) is 5.41 Å². The number of hydrogen-bond donors (Lipinski definition) is 1. The maximum absolute atomic E-state index is 12.4. The summed E-state index contributed by atoms with van der Waals surface area (Å²) in [7, 11) is 0. The molecule has 4 heteroatoms. The molecule has 1 fully saturated rings. The van der Waals surface area contributed by atoms with E-state index < -0.39 is 6.61 Å². The number of rotatable bonds is 5. The van der Waals surface area contributed by atoms with Crippen molar-refractivity contribution in [3.63, 3.8) is 0 Å². The second-order valence-corrected chi connectivity index (χ2v) is 6.66. The minimum atomic E-state index is -2.77. The average Bonchev–Trinajstić information content (AvgIpc) is 2.58. The molecule has 21 heavy (non-hydrogen) atoms. The normalized spacial score (nSPS) is 22.0. The number of benzene rings is 1. The highest BCUT2D eigenvalue weighted by atomic mass is 19.3. The molecule has 118 valence electrons. The smallest absolute Gasteiger partial charge is 0.387 e. The van der Waals surface area contributed by atoms with Gasteiger partial charge in [-0.05, 0) is 37.2 Å². The van der Waals surface area contributed by atoms with Gasteiger partial charge in [0.05, 0.1) is 0 Å². The summed E-state index contributed by atoms with van der Waals surface area (Å²) in [6.45, 7) is 2.45. The molecule has 1 aliphatic carbocycles. The van der Waals surface area contributed by atoms with E-state index in [4.69, 9.17) is 0 Å². The number of alkyl halides is 2. The van der Waals surface area contributed by atoms with E-state index in [0.717, 1.165) is 18.4 Å². The van der Waals surface area contributed by atoms with E-state index in [1.807, 2.05) is 12.1 Å². The van der Waals surface area contributed by atoms with Gasteiger partial charge in [-0.3, -0.25) is 0 Å². The van der Waals surface area contributed by atoms with Crippen LogP contribution in [-0.4, -0.2) is 12.7 Å². The van der Waals surface area contributed by atoms with E-state index in [1.54, 1.807) is 12.1 Å². The second-order valence-electron chi connectivity index (χ2n) is 6.66. The summed E-state index contributed by atoms with van der Waals surface area (Å²) in [5.74, 6) is 0.272. The van der Waals surface area contributed by atoms with Crippen LogP contribution in [0.15, 0.2) is 24.3 Å². The zero-order chi connectivity index (χ0) is 15.3. The largest absolute Gasteiger partial charge is 0.434 e. The second kappa shape index (κ2) is 7.21. The maximum atomic E-state index is 12.4. The van der Waals surface area contributed by atoms with Gasteiger partial charge in [-0.1, -0.05) is 38.5 Å². The van der Waals surface area contributed by atoms with Crippen molar-refractivity contribution in [1.82, 2.24) is 5.32 Å². The van der Waals surface area contributed by atoms with Crippen molar-refractivity contribution in [3.8, 4) is 5.75 Å². The monoisotopic (exact) mass is 297 g/mol. The Morgan fingerprint density at radius 2 is 2.00 bits per heavy atom. The fourth-order valence-electron chi connectivity index (χ4n) is 2.98. The lowest BCUT2D eigenvalue weighted by molar-refractivity contribution is -0.0505. The molecule has 1 aliphatic rings. The van der Waals surface area contributed by atoms with Gasteiger partial charge in [0, 0.05) is 18.2 Å². The van der Waals surface area contributed by atoms with Gasteiger partial charge in [0.15, 0.2) is 0 Å². The van der Waals surface area contributed by atoms with Gasteiger partial charge in [-0.15, -0.1) is 0 Å². The third kappa shape index (κ3) is 5.27. The van der Waals surface area contributed by atoms with Crippen molar-refractivity contribution in [1.29, 1.82) is 0 Å². The minimum Gasteiger partial charge on any atom is -0.434 e. The Balaban J connectivity index is 1.91. The van der Waals surface area contributed by atoms with E-state index in [9.17, 15) is 8.78 Å². The van der Waals surface area contributed by atoms with Gasteiger partial charge < -0.3 is 10.1 Å². The first-order valence-electron chi connectivity index (χ1n) is 7.72. The molecule has 1 atom stereocenters. The zero-order valence-corrected chi connectivity index (χ0v) is 12.9. The fraction of sp³-hybridized carbons (Fsp3) is 0.647. The molecular weight excluding hydrogens is 272 g/mol. The fourth-order valence-corrected chi connectivity index (χ4v) is 2.98. The summed E-state index contributed by atoms with van der Waals surface area (Å²) in [4.78, 5) is 0. The number of nitrogens with one attached hydrogen (secondary N) is 1. The minimum absolute atomic E-state index is 0.272. The van der Waals surface area contributed by atoms with Crippen LogP contribution in [0.1, 0.15) is 51.5 Å². The molecule has 0 spiro atoms. The van der Waals surface area contributed by atoms with E-state index in [-0.39, 0.29) is 5.75 Å². The summed E-state index contributed by atoms with van der Waals surface area (Å²) in [6.07, 6.45) is 5.99. The van der Waals surface area contributed by atoms with Crippen LogP contribution in [0.5, 0.6) is 5.75 Å². The van der Waals surface area contributed by atoms with Gasteiger partial charge in [-0.2, -0.15) is 8.78 Å². The Morgan fingerprint density at radius 3 is 2.76 bits per heavy atom. The summed E-state index contributed by atoms with van der Waals surface area (Å²) in [5, 5.41) is 3.50. The standard InChI is InChI=1S/C17H25F2NO/c1-17(2)10-5-7-14(9-11-17)20-12-13-6-3-4-8-15(13)21-16(18)19/h3-4,6,8,14,16,20H,5,7,9-12H2,1-2H3. The third-order valence-electron chi connectivity index (χ3n) is 4.35. The van der Waals surface area contributed by atoms with Gasteiger partial charge in [0.1, 0.15) is 5.75 Å². The quantitative estimate of drug-likeness (QED) is 0.793. The summed E-state index contributed by atoms with van der Waals surface area (Å²) < 4.78 is 29.4. The number of halogens is 2. The van der Waals surface area contributed by atoms with E-state index in [0.29, 0.717) is 18.0 Å². The molecule has 1 saturated carbocycles. The Hall–Kier alpha value is -1.16. The highest BCUT2D eigenvalue weighted by molar-refractivity contribution is 5.33. The lowest BCUT2D eigenvalue weighted by Gasteiger charge is -2.22. The summed E-state index contributed by atoms with van der Waals surface area (Å²) in [6, 6.07) is 7.47. The average molecular weight is 297 g/mol. The lowest BCUT2D eigenvalue weighted by Crippen LogP contribution is -2.28. The molecule has 1 unspecified atom stereocenters. The van der Waals surface area contributed by atoms with Crippen LogP contribution in [0.25, 0.3) is 0 Å². The van der Waals surface area contributed by atoms with Crippen molar-refractivity contribution in [3.05, 3.63) is 29.8 Å². The van der Waals surface area contributed by atoms with Gasteiger partial charge >= 0.3 is 6.61 Å². The van der Waals surface area contributed by atoms with Gasteiger partial charge in [-0.25, -0.2) is 0 Å². The molecule has 1 N–H and O–H groups in total. The van der Waals surface area contributed by atoms with Crippen LogP contribution in [-0.2, 0) is 6.54 Å².